The van der Waals surface area contributed by atoms with Crippen LogP contribution in [0.3, 0.4) is 0 Å². The topological polar surface area (TPSA) is 74.7 Å². The van der Waals surface area contributed by atoms with Crippen LogP contribution in [0.1, 0.15) is 18.9 Å². The standard InChI is InChI=1S/C12H16FNO4S/c1-3-6-14(8-12(15)16)19(17,18)11-5-4-9(2)7-10(11)13/h4-5,7H,3,6,8H2,1-2H3,(H,15,16). The van der Waals surface area contributed by atoms with Gasteiger partial charge in [0.15, 0.2) is 0 Å². The van der Waals surface area contributed by atoms with Crippen molar-refractivity contribution in [2.24, 2.45) is 0 Å². The number of sulfonamides is 1. The van der Waals surface area contributed by atoms with Crippen LogP contribution in [0.15, 0.2) is 23.1 Å². The van der Waals surface area contributed by atoms with Gasteiger partial charge in [0, 0.05) is 6.54 Å². The molecule has 0 atom stereocenters. The van der Waals surface area contributed by atoms with Crippen molar-refractivity contribution < 1.29 is 22.7 Å². The first-order valence-corrected chi connectivity index (χ1v) is 7.21. The number of aryl methyl sites for hydroxylation is 1. The molecule has 0 radical (unpaired) electrons. The molecule has 0 saturated heterocycles. The van der Waals surface area contributed by atoms with E-state index in [0.29, 0.717) is 12.0 Å². The van der Waals surface area contributed by atoms with E-state index in [1.807, 2.05) is 0 Å². The Hall–Kier alpha value is -1.47. The Morgan fingerprint density at radius 2 is 2.05 bits per heavy atom. The third kappa shape index (κ3) is 3.74. The summed E-state index contributed by atoms with van der Waals surface area (Å²) in [5.74, 6) is -2.14. The van der Waals surface area contributed by atoms with Crippen molar-refractivity contribution in [1.29, 1.82) is 0 Å². The average molecular weight is 289 g/mol. The quantitative estimate of drug-likeness (QED) is 0.863. The highest BCUT2D eigenvalue weighted by atomic mass is 32.2. The number of aliphatic carboxylic acids is 1. The molecule has 1 N–H and O–H groups in total. The molecule has 1 aromatic carbocycles. The number of benzene rings is 1. The summed E-state index contributed by atoms with van der Waals surface area (Å²) >= 11 is 0. The normalized spacial score (nSPS) is 11.8. The zero-order chi connectivity index (χ0) is 14.6. The van der Waals surface area contributed by atoms with Crippen LogP contribution in [0.5, 0.6) is 0 Å². The molecule has 0 amide bonds. The lowest BCUT2D eigenvalue weighted by atomic mass is 10.2. The first-order chi connectivity index (χ1) is 8.78. The van der Waals surface area contributed by atoms with E-state index >= 15 is 0 Å². The predicted molar refractivity (Wildman–Crippen MR) is 67.8 cm³/mol. The Morgan fingerprint density at radius 3 is 2.53 bits per heavy atom. The van der Waals surface area contributed by atoms with Crippen LogP contribution in [-0.4, -0.2) is 36.9 Å². The van der Waals surface area contributed by atoms with Gasteiger partial charge in [-0.25, -0.2) is 12.8 Å². The maximum Gasteiger partial charge on any atom is 0.318 e. The Morgan fingerprint density at radius 1 is 1.42 bits per heavy atom. The Bertz CT molecular complexity index is 571. The Kier molecular flexibility index (Phi) is 5.02. The lowest BCUT2D eigenvalue weighted by Gasteiger charge is -2.20. The van der Waals surface area contributed by atoms with E-state index in [0.717, 1.165) is 16.4 Å². The van der Waals surface area contributed by atoms with Crippen molar-refractivity contribution in [3.63, 3.8) is 0 Å². The van der Waals surface area contributed by atoms with E-state index in [9.17, 15) is 17.6 Å². The highest BCUT2D eigenvalue weighted by Crippen LogP contribution is 2.20. The number of nitrogens with zero attached hydrogens (tertiary/aromatic N) is 1. The number of carbonyl (C=O) groups is 1. The van der Waals surface area contributed by atoms with Crippen molar-refractivity contribution in [3.8, 4) is 0 Å². The number of carboxylic acid groups (broad SMARTS) is 1. The number of hydrogen-bond acceptors (Lipinski definition) is 3. The molecule has 1 aromatic rings. The molecule has 0 aromatic heterocycles. The molecule has 0 saturated carbocycles. The molecule has 0 aliphatic carbocycles. The van der Waals surface area contributed by atoms with E-state index in [4.69, 9.17) is 5.11 Å². The number of halogens is 1. The summed E-state index contributed by atoms with van der Waals surface area (Å²) in [5, 5.41) is 8.73. The third-order valence-electron chi connectivity index (χ3n) is 2.49. The van der Waals surface area contributed by atoms with Gasteiger partial charge in [0.25, 0.3) is 0 Å². The third-order valence-corrected chi connectivity index (χ3v) is 4.37. The summed E-state index contributed by atoms with van der Waals surface area (Å²) in [6.45, 7) is 2.71. The minimum Gasteiger partial charge on any atom is -0.480 e. The molecule has 0 unspecified atom stereocenters. The van der Waals surface area contributed by atoms with Crippen LogP contribution in [0.2, 0.25) is 0 Å². The Labute approximate surface area is 111 Å². The van der Waals surface area contributed by atoms with Crippen LogP contribution < -0.4 is 0 Å². The number of carboxylic acids is 1. The molecule has 0 bridgehead atoms. The van der Waals surface area contributed by atoms with Gasteiger partial charge in [-0.2, -0.15) is 4.31 Å². The maximum absolute atomic E-state index is 13.7. The maximum atomic E-state index is 13.7. The summed E-state index contributed by atoms with van der Waals surface area (Å²) in [4.78, 5) is 10.2. The fourth-order valence-electron chi connectivity index (χ4n) is 1.64. The minimum atomic E-state index is -4.13. The molecule has 0 heterocycles. The molecule has 0 aliphatic heterocycles. The summed E-state index contributed by atoms with van der Waals surface area (Å²) in [6.07, 6.45) is 0.444. The largest absolute Gasteiger partial charge is 0.480 e. The summed E-state index contributed by atoms with van der Waals surface area (Å²) < 4.78 is 38.9. The van der Waals surface area contributed by atoms with Crippen LogP contribution in [0, 0.1) is 12.7 Å². The fourth-order valence-corrected chi connectivity index (χ4v) is 3.17. The molecular formula is C12H16FNO4S. The molecule has 5 nitrogen and oxygen atoms in total. The number of hydrogen-bond donors (Lipinski definition) is 1. The van der Waals surface area contributed by atoms with Gasteiger partial charge in [-0.15, -0.1) is 0 Å². The van der Waals surface area contributed by atoms with Crippen LogP contribution in [0.4, 0.5) is 4.39 Å². The molecule has 19 heavy (non-hydrogen) atoms. The zero-order valence-electron chi connectivity index (χ0n) is 10.8. The zero-order valence-corrected chi connectivity index (χ0v) is 11.6. The van der Waals surface area contributed by atoms with Crippen molar-refractivity contribution in [3.05, 3.63) is 29.6 Å². The van der Waals surface area contributed by atoms with Gasteiger partial charge < -0.3 is 5.11 Å². The van der Waals surface area contributed by atoms with Crippen molar-refractivity contribution in [2.75, 3.05) is 13.1 Å². The van der Waals surface area contributed by atoms with E-state index < -0.39 is 33.3 Å². The van der Waals surface area contributed by atoms with Gasteiger partial charge in [-0.1, -0.05) is 13.0 Å². The highest BCUT2D eigenvalue weighted by molar-refractivity contribution is 7.89. The Balaban J connectivity index is 3.22. The van der Waals surface area contributed by atoms with Gasteiger partial charge in [0.2, 0.25) is 10.0 Å². The lowest BCUT2D eigenvalue weighted by Crippen LogP contribution is -2.36. The van der Waals surface area contributed by atoms with Gasteiger partial charge in [-0.3, -0.25) is 4.79 Å². The monoisotopic (exact) mass is 289 g/mol. The van der Waals surface area contributed by atoms with Crippen molar-refractivity contribution in [1.82, 2.24) is 4.31 Å². The van der Waals surface area contributed by atoms with E-state index in [2.05, 4.69) is 0 Å². The van der Waals surface area contributed by atoms with E-state index in [1.54, 1.807) is 13.8 Å². The second-order valence-corrected chi connectivity index (χ2v) is 6.07. The summed E-state index contributed by atoms with van der Waals surface area (Å²) in [7, 11) is -4.13. The highest BCUT2D eigenvalue weighted by Gasteiger charge is 2.28. The summed E-state index contributed by atoms with van der Waals surface area (Å²) in [6, 6.07) is 3.74. The molecule has 0 aliphatic rings. The van der Waals surface area contributed by atoms with Gasteiger partial charge in [-0.05, 0) is 31.0 Å². The first-order valence-electron chi connectivity index (χ1n) is 5.77. The molecule has 106 valence electrons. The smallest absolute Gasteiger partial charge is 0.318 e. The average Bonchev–Trinajstić information content (AvgIpc) is 2.27. The molecule has 1 rings (SSSR count). The van der Waals surface area contributed by atoms with Gasteiger partial charge >= 0.3 is 5.97 Å². The van der Waals surface area contributed by atoms with Crippen LogP contribution in [-0.2, 0) is 14.8 Å². The van der Waals surface area contributed by atoms with Crippen molar-refractivity contribution in [2.45, 2.75) is 25.2 Å². The van der Waals surface area contributed by atoms with E-state index in [1.165, 1.54) is 6.07 Å². The van der Waals surface area contributed by atoms with E-state index in [-0.39, 0.29) is 6.54 Å². The van der Waals surface area contributed by atoms with Gasteiger partial charge in [0.05, 0.1) is 0 Å². The minimum absolute atomic E-state index is 0.0297. The van der Waals surface area contributed by atoms with Gasteiger partial charge in [0.1, 0.15) is 17.3 Å². The second-order valence-electron chi connectivity index (χ2n) is 4.17. The van der Waals surface area contributed by atoms with Crippen LogP contribution >= 0.6 is 0 Å². The fraction of sp³-hybridized carbons (Fsp3) is 0.417. The molecule has 0 spiro atoms. The predicted octanol–water partition coefficient (Wildman–Crippen LogP) is 1.62. The SMILES string of the molecule is CCCN(CC(=O)O)S(=O)(=O)c1ccc(C)cc1F. The number of rotatable bonds is 6. The van der Waals surface area contributed by atoms with Crippen molar-refractivity contribution >= 4 is 16.0 Å². The first kappa shape index (κ1) is 15.6. The molecule has 0 fully saturated rings. The molecular weight excluding hydrogens is 273 g/mol. The van der Waals surface area contributed by atoms with Crippen LogP contribution in [0.25, 0.3) is 0 Å². The second kappa shape index (κ2) is 6.12. The summed E-state index contributed by atoms with van der Waals surface area (Å²) in [5.41, 5.74) is 0.594. The molecule has 7 heteroatoms. The lowest BCUT2D eigenvalue weighted by molar-refractivity contribution is -0.137.